The quantitative estimate of drug-likeness (QED) is 0.105. The number of aliphatic hydroxyl groups is 1. The van der Waals surface area contributed by atoms with Gasteiger partial charge in [0.05, 0.1) is 29.3 Å². The molecule has 6 rings (SSSR count). The number of ether oxygens (including phenoxy) is 1. The second-order valence-corrected chi connectivity index (χ2v) is 20.5. The molecule has 12 heteroatoms. The Labute approximate surface area is 338 Å². The van der Waals surface area contributed by atoms with Gasteiger partial charge in [0.2, 0.25) is 18.9 Å². The predicted molar refractivity (Wildman–Crippen MR) is 231 cm³/mol. The zero-order chi connectivity index (χ0) is 39.3. The van der Waals surface area contributed by atoms with Crippen molar-refractivity contribution < 1.29 is 23.1 Å². The Morgan fingerprint density at radius 3 is 1.96 bits per heavy atom. The van der Waals surface area contributed by atoms with Crippen molar-refractivity contribution in [3.05, 3.63) is 48.7 Å². The van der Waals surface area contributed by atoms with Crippen LogP contribution in [-0.2, 0) is 9.84 Å². The second kappa shape index (κ2) is 21.4. The SMILES string of the molecule is CCCCCCCCCCCCOc1ccc(S(=O)(=O)c2cnc3ccc([SiH](C)O)cc3c2N2CCC(N3CCC(N4CCN(CCO)CC4)CC3)CC2)cc1. The molecule has 1 aromatic heterocycles. The molecule has 3 saturated heterocycles. The van der Waals surface area contributed by atoms with E-state index in [2.05, 4.69) is 31.5 Å². The topological polar surface area (TPSA) is 110 Å². The zero-order valence-corrected chi connectivity index (χ0v) is 36.3. The van der Waals surface area contributed by atoms with Crippen LogP contribution in [0.4, 0.5) is 5.69 Å². The van der Waals surface area contributed by atoms with Gasteiger partial charge in [-0.25, -0.2) is 8.42 Å². The normalized spacial score (nSPS) is 19.2. The van der Waals surface area contributed by atoms with Gasteiger partial charge >= 0.3 is 0 Å². The van der Waals surface area contributed by atoms with Gasteiger partial charge in [-0.3, -0.25) is 14.8 Å². The molecule has 3 fully saturated rings. The number of pyridine rings is 1. The lowest BCUT2D eigenvalue weighted by molar-refractivity contribution is 0.0396. The smallest absolute Gasteiger partial charge is 0.210 e. The monoisotopic (exact) mass is 807 g/mol. The minimum absolute atomic E-state index is 0.229. The summed E-state index contributed by atoms with van der Waals surface area (Å²) in [5.74, 6) is 0.690. The molecule has 3 aliphatic heterocycles. The third-order valence-corrected chi connectivity index (χ3v) is 15.7. The maximum atomic E-state index is 14.5. The van der Waals surface area contributed by atoms with Gasteiger partial charge in [-0.15, -0.1) is 0 Å². The standard InChI is InChI=1S/C44H69N5O5SSi/c1-3-4-5-6-7-8-9-10-11-12-33-54-38-13-15-39(16-14-38)55(51,52)43-35-45-42-18-17-40(56(2)53)34-41(42)44(43)49-25-21-36(22-26-49)47-23-19-37(20-24-47)48-29-27-46(28-30-48)31-32-50/h13-18,34-37,50,53,56H,3-12,19-33H2,1-2H3. The van der Waals surface area contributed by atoms with E-state index in [0.717, 1.165) is 101 Å². The van der Waals surface area contributed by atoms with Gasteiger partial charge in [0.1, 0.15) is 10.6 Å². The average molecular weight is 808 g/mol. The summed E-state index contributed by atoms with van der Waals surface area (Å²) in [4.78, 5) is 25.7. The van der Waals surface area contributed by atoms with Gasteiger partial charge in [0.25, 0.3) is 0 Å². The molecule has 1 unspecified atom stereocenters. The number of aliphatic hydroxyl groups excluding tert-OH is 1. The highest BCUT2D eigenvalue weighted by Crippen LogP contribution is 2.38. The maximum absolute atomic E-state index is 14.5. The first-order valence-corrected chi connectivity index (χ1v) is 25.7. The minimum Gasteiger partial charge on any atom is -0.494 e. The van der Waals surface area contributed by atoms with Gasteiger partial charge in [-0.1, -0.05) is 70.8 Å². The summed E-state index contributed by atoms with van der Waals surface area (Å²) < 4.78 is 35.0. The largest absolute Gasteiger partial charge is 0.494 e. The van der Waals surface area contributed by atoms with Gasteiger partial charge in [-0.2, -0.15) is 0 Å². The molecule has 3 aromatic rings. The van der Waals surface area contributed by atoms with Crippen molar-refractivity contribution >= 4 is 40.7 Å². The number of nitrogens with zero attached hydrogens (tertiary/aromatic N) is 5. The van der Waals surface area contributed by atoms with E-state index < -0.39 is 18.9 Å². The lowest BCUT2D eigenvalue weighted by Crippen LogP contribution is -2.55. The first-order valence-electron chi connectivity index (χ1n) is 21.9. The molecule has 310 valence electrons. The van der Waals surface area contributed by atoms with Crippen LogP contribution in [0.3, 0.4) is 0 Å². The zero-order valence-electron chi connectivity index (χ0n) is 34.3. The van der Waals surface area contributed by atoms with Crippen LogP contribution in [0.1, 0.15) is 96.8 Å². The van der Waals surface area contributed by atoms with Crippen molar-refractivity contribution in [1.82, 2.24) is 19.7 Å². The highest BCUT2D eigenvalue weighted by molar-refractivity contribution is 7.91. The number of hydrogen-bond donors (Lipinski definition) is 2. The fourth-order valence-corrected chi connectivity index (χ4v) is 11.4. The molecular formula is C44H69N5O5SSi. The molecule has 10 nitrogen and oxygen atoms in total. The molecule has 0 saturated carbocycles. The molecule has 56 heavy (non-hydrogen) atoms. The second-order valence-electron chi connectivity index (χ2n) is 16.5. The third-order valence-electron chi connectivity index (χ3n) is 12.6. The molecule has 1 atom stereocenters. The minimum atomic E-state index is -3.91. The Bertz CT molecular complexity index is 1740. The Hall–Kier alpha value is -2.58. The van der Waals surface area contributed by atoms with Crippen LogP contribution < -0.4 is 14.8 Å². The Morgan fingerprint density at radius 1 is 0.768 bits per heavy atom. The Balaban J connectivity index is 1.07. The number of aromatic nitrogens is 1. The number of piperazine rings is 1. The number of anilines is 1. The molecule has 0 amide bonds. The number of rotatable bonds is 20. The lowest BCUT2D eigenvalue weighted by atomic mass is 9.96. The number of piperidine rings is 2. The number of sulfone groups is 1. The van der Waals surface area contributed by atoms with E-state index in [1.807, 2.05) is 24.7 Å². The average Bonchev–Trinajstić information content (AvgIpc) is 3.23. The van der Waals surface area contributed by atoms with Gasteiger partial charge in [-0.05, 0) is 93.3 Å². The number of unbranched alkanes of at least 4 members (excludes halogenated alkanes) is 9. The van der Waals surface area contributed by atoms with Crippen LogP contribution in [0.25, 0.3) is 10.9 Å². The van der Waals surface area contributed by atoms with E-state index in [1.165, 1.54) is 64.2 Å². The molecule has 2 N–H and O–H groups in total. The summed E-state index contributed by atoms with van der Waals surface area (Å²) in [5, 5.41) is 11.0. The van der Waals surface area contributed by atoms with E-state index in [-0.39, 0.29) is 16.4 Å². The summed E-state index contributed by atoms with van der Waals surface area (Å²) in [6.45, 7) is 13.8. The van der Waals surface area contributed by atoms with Gasteiger partial charge in [0, 0.05) is 69.5 Å². The summed E-state index contributed by atoms with van der Waals surface area (Å²) in [6.07, 6.45) is 18.6. The first kappa shape index (κ1) is 43.0. The molecule has 3 aliphatic rings. The molecule has 2 aromatic carbocycles. The van der Waals surface area contributed by atoms with Crippen molar-refractivity contribution in [3.8, 4) is 5.75 Å². The lowest BCUT2D eigenvalue weighted by Gasteiger charge is -2.46. The van der Waals surface area contributed by atoms with E-state index in [1.54, 1.807) is 30.5 Å². The molecule has 0 aliphatic carbocycles. The molecule has 0 radical (unpaired) electrons. The highest BCUT2D eigenvalue weighted by atomic mass is 32.2. The number of likely N-dealkylation sites (tertiary alicyclic amines) is 1. The maximum Gasteiger partial charge on any atom is 0.210 e. The molecular weight excluding hydrogens is 739 g/mol. The van der Waals surface area contributed by atoms with Crippen LogP contribution in [0.15, 0.2) is 58.5 Å². The van der Waals surface area contributed by atoms with Crippen molar-refractivity contribution in [2.24, 2.45) is 0 Å². The first-order chi connectivity index (χ1) is 27.3. The summed E-state index contributed by atoms with van der Waals surface area (Å²) in [6, 6.07) is 13.9. The van der Waals surface area contributed by atoms with Crippen LogP contribution in [0.5, 0.6) is 5.75 Å². The highest BCUT2D eigenvalue weighted by Gasteiger charge is 2.34. The fourth-order valence-electron chi connectivity index (χ4n) is 9.15. The molecule has 4 heterocycles. The molecule has 0 bridgehead atoms. The van der Waals surface area contributed by atoms with E-state index in [4.69, 9.17) is 4.74 Å². The third kappa shape index (κ3) is 11.3. The van der Waals surface area contributed by atoms with Crippen molar-refractivity contribution in [3.63, 3.8) is 0 Å². The van der Waals surface area contributed by atoms with Crippen LogP contribution in [0.2, 0.25) is 6.55 Å². The fraction of sp³-hybridized carbons (Fsp3) is 0.659. The van der Waals surface area contributed by atoms with E-state index in [0.29, 0.717) is 30.1 Å². The summed E-state index contributed by atoms with van der Waals surface area (Å²) in [5.41, 5.74) is 1.46. The molecule has 0 spiro atoms. The van der Waals surface area contributed by atoms with Crippen molar-refractivity contribution in [2.45, 2.75) is 125 Å². The Morgan fingerprint density at radius 2 is 1.36 bits per heavy atom. The van der Waals surface area contributed by atoms with Crippen LogP contribution >= 0.6 is 0 Å². The van der Waals surface area contributed by atoms with E-state index in [9.17, 15) is 18.3 Å². The number of β-amino-alcohol motifs (C(OH)–C–C–N with tert-alkyl or cyclic N) is 1. The predicted octanol–water partition coefficient (Wildman–Crippen LogP) is 5.96. The van der Waals surface area contributed by atoms with Crippen LogP contribution in [0, 0.1) is 0 Å². The number of benzene rings is 2. The van der Waals surface area contributed by atoms with Crippen molar-refractivity contribution in [2.75, 3.05) is 77.0 Å². The number of fused-ring (bicyclic) bond motifs is 1. The summed E-state index contributed by atoms with van der Waals surface area (Å²) >= 11 is 0. The van der Waals surface area contributed by atoms with E-state index >= 15 is 0 Å². The van der Waals surface area contributed by atoms with Gasteiger partial charge < -0.3 is 24.4 Å². The number of hydrogen-bond acceptors (Lipinski definition) is 10. The summed E-state index contributed by atoms with van der Waals surface area (Å²) in [7, 11) is -6.04. The van der Waals surface area contributed by atoms with Gasteiger partial charge in [0.15, 0.2) is 0 Å². The Kier molecular flexibility index (Phi) is 16.5. The van der Waals surface area contributed by atoms with Crippen LogP contribution in [-0.4, -0.2) is 131 Å². The van der Waals surface area contributed by atoms with Crippen molar-refractivity contribution in [1.29, 1.82) is 0 Å².